The summed E-state index contributed by atoms with van der Waals surface area (Å²) >= 11 is 0. The summed E-state index contributed by atoms with van der Waals surface area (Å²) in [6.07, 6.45) is 0.147. The lowest BCUT2D eigenvalue weighted by Crippen LogP contribution is -2.50. The van der Waals surface area contributed by atoms with Crippen molar-refractivity contribution in [3.63, 3.8) is 0 Å². The van der Waals surface area contributed by atoms with Gasteiger partial charge in [-0.2, -0.15) is 5.26 Å². The predicted octanol–water partition coefficient (Wildman–Crippen LogP) is 2.81. The zero-order valence-electron chi connectivity index (χ0n) is 18.3. The van der Waals surface area contributed by atoms with E-state index in [1.165, 1.54) is 0 Å². The predicted molar refractivity (Wildman–Crippen MR) is 117 cm³/mol. The molecule has 2 aromatic rings. The maximum absolute atomic E-state index is 12.8. The fourth-order valence-electron chi connectivity index (χ4n) is 3.51. The Bertz CT molecular complexity index is 1080. The van der Waals surface area contributed by atoms with E-state index in [9.17, 15) is 24.4 Å². The monoisotopic (exact) mass is 435 g/mol. The van der Waals surface area contributed by atoms with Crippen molar-refractivity contribution in [2.75, 3.05) is 13.2 Å². The van der Waals surface area contributed by atoms with Gasteiger partial charge in [0.05, 0.1) is 6.07 Å². The van der Waals surface area contributed by atoms with Crippen LogP contribution in [0.1, 0.15) is 54.3 Å². The van der Waals surface area contributed by atoms with Crippen LogP contribution in [0.15, 0.2) is 36.4 Å². The van der Waals surface area contributed by atoms with Crippen molar-refractivity contribution >= 4 is 34.5 Å². The summed E-state index contributed by atoms with van der Waals surface area (Å²) in [6, 6.07) is 12.7. The van der Waals surface area contributed by atoms with Gasteiger partial charge in [-0.3, -0.25) is 24.1 Å². The first-order chi connectivity index (χ1) is 15.2. The number of carbonyl (C=O) groups excluding carboxylic acids is 4. The molecule has 8 nitrogen and oxygen atoms in total. The molecular weight excluding hydrogens is 410 g/mol. The Hall–Kier alpha value is -3.73. The average molecular weight is 435 g/mol. The number of nitriles is 1. The summed E-state index contributed by atoms with van der Waals surface area (Å²) < 4.78 is 4.97. The maximum Gasteiger partial charge on any atom is 0.306 e. The topological polar surface area (TPSA) is 117 Å². The highest BCUT2D eigenvalue weighted by molar-refractivity contribution is 6.25. The molecule has 0 saturated carbocycles. The third kappa shape index (κ3) is 4.47. The third-order valence-electron chi connectivity index (χ3n) is 5.77. The smallest absolute Gasteiger partial charge is 0.306 e. The lowest BCUT2D eigenvalue weighted by molar-refractivity contribution is -0.149. The molecular formula is C24H25N3O5. The Morgan fingerprint density at radius 2 is 1.72 bits per heavy atom. The number of imide groups is 1. The number of rotatable bonds is 8. The van der Waals surface area contributed by atoms with Gasteiger partial charge in [-0.15, -0.1) is 0 Å². The van der Waals surface area contributed by atoms with E-state index < -0.39 is 35.8 Å². The molecule has 8 heteroatoms. The normalized spacial score (nSPS) is 14.8. The van der Waals surface area contributed by atoms with E-state index in [-0.39, 0.29) is 25.3 Å². The maximum atomic E-state index is 12.8. The number of amides is 3. The Morgan fingerprint density at radius 3 is 2.25 bits per heavy atom. The van der Waals surface area contributed by atoms with Gasteiger partial charge in [0.15, 0.2) is 6.61 Å². The number of nitrogens with one attached hydrogen (secondary N) is 1. The van der Waals surface area contributed by atoms with Crippen LogP contribution in [0.5, 0.6) is 0 Å². The molecule has 1 aliphatic rings. The van der Waals surface area contributed by atoms with Gasteiger partial charge in [0.25, 0.3) is 17.7 Å². The van der Waals surface area contributed by atoms with Crippen LogP contribution < -0.4 is 5.32 Å². The molecule has 1 atom stereocenters. The highest BCUT2D eigenvalue weighted by Crippen LogP contribution is 2.30. The van der Waals surface area contributed by atoms with Crippen molar-refractivity contribution in [3.05, 3.63) is 47.5 Å². The molecule has 0 saturated heterocycles. The summed E-state index contributed by atoms with van der Waals surface area (Å²) in [5.74, 6) is -2.10. The Balaban J connectivity index is 1.53. The second-order valence-corrected chi connectivity index (χ2v) is 8.25. The number of carbonyl (C=O) groups is 4. The van der Waals surface area contributed by atoms with Crippen LogP contribution in [0.2, 0.25) is 0 Å². The van der Waals surface area contributed by atoms with Crippen LogP contribution in [0.4, 0.5) is 0 Å². The van der Waals surface area contributed by atoms with E-state index in [0.717, 1.165) is 10.3 Å². The van der Waals surface area contributed by atoms with Crippen LogP contribution in [-0.2, 0) is 14.3 Å². The van der Waals surface area contributed by atoms with E-state index >= 15 is 0 Å². The van der Waals surface area contributed by atoms with Gasteiger partial charge in [-0.25, -0.2) is 0 Å². The third-order valence-corrected chi connectivity index (χ3v) is 5.77. The van der Waals surface area contributed by atoms with Crippen LogP contribution in [0.25, 0.3) is 10.8 Å². The van der Waals surface area contributed by atoms with E-state index in [1.807, 2.05) is 18.2 Å². The quantitative estimate of drug-likeness (QED) is 0.503. The van der Waals surface area contributed by atoms with Crippen LogP contribution >= 0.6 is 0 Å². The standard InChI is InChI=1S/C24H25N3O5/c1-15(2)24(3,14-25)26-19(28)13-32-20(29)11-6-12-27-22(30)17-9-4-7-16-8-5-10-18(21(16)17)23(27)31/h4-5,7-10,15H,6,11-13H2,1-3H3,(H,26,28). The molecule has 1 N–H and O–H groups in total. The summed E-state index contributed by atoms with van der Waals surface area (Å²) in [7, 11) is 0. The van der Waals surface area contributed by atoms with Crippen molar-refractivity contribution in [2.45, 2.75) is 39.2 Å². The molecule has 32 heavy (non-hydrogen) atoms. The molecule has 0 fully saturated rings. The fourth-order valence-corrected chi connectivity index (χ4v) is 3.51. The number of ether oxygens (including phenoxy) is 1. The molecule has 2 aromatic carbocycles. The summed E-state index contributed by atoms with van der Waals surface area (Å²) in [5.41, 5.74) is -0.136. The summed E-state index contributed by atoms with van der Waals surface area (Å²) in [4.78, 5) is 50.8. The average Bonchev–Trinajstić information content (AvgIpc) is 2.77. The van der Waals surface area contributed by atoms with Gasteiger partial charge in [0, 0.05) is 29.5 Å². The molecule has 1 aliphatic heterocycles. The molecule has 0 spiro atoms. The first kappa shape index (κ1) is 22.9. The van der Waals surface area contributed by atoms with Crippen molar-refractivity contribution in [3.8, 4) is 6.07 Å². The number of hydrogen-bond donors (Lipinski definition) is 1. The molecule has 0 aromatic heterocycles. The first-order valence-electron chi connectivity index (χ1n) is 10.4. The minimum absolute atomic E-state index is 0.0591. The molecule has 0 radical (unpaired) electrons. The minimum Gasteiger partial charge on any atom is -0.456 e. The van der Waals surface area contributed by atoms with Crippen LogP contribution in [-0.4, -0.2) is 47.3 Å². The van der Waals surface area contributed by atoms with Crippen molar-refractivity contribution in [1.29, 1.82) is 5.26 Å². The number of hydrogen-bond acceptors (Lipinski definition) is 6. The second kappa shape index (κ2) is 9.18. The van der Waals surface area contributed by atoms with Crippen LogP contribution in [0, 0.1) is 17.2 Å². The van der Waals surface area contributed by atoms with Gasteiger partial charge in [0.2, 0.25) is 0 Å². The van der Waals surface area contributed by atoms with Gasteiger partial charge >= 0.3 is 5.97 Å². The zero-order valence-corrected chi connectivity index (χ0v) is 18.3. The zero-order chi connectivity index (χ0) is 23.5. The fraction of sp³-hybridized carbons (Fsp3) is 0.375. The van der Waals surface area contributed by atoms with Crippen molar-refractivity contribution in [1.82, 2.24) is 10.2 Å². The Morgan fingerprint density at radius 1 is 1.12 bits per heavy atom. The summed E-state index contributed by atoms with van der Waals surface area (Å²) in [5, 5.41) is 13.3. The highest BCUT2D eigenvalue weighted by Gasteiger charge is 2.32. The van der Waals surface area contributed by atoms with Crippen molar-refractivity contribution < 1.29 is 23.9 Å². The molecule has 1 unspecified atom stereocenters. The van der Waals surface area contributed by atoms with E-state index in [0.29, 0.717) is 16.5 Å². The minimum atomic E-state index is -1.06. The highest BCUT2D eigenvalue weighted by atomic mass is 16.5. The van der Waals surface area contributed by atoms with Gasteiger partial charge in [-0.1, -0.05) is 38.1 Å². The molecule has 3 rings (SSSR count). The van der Waals surface area contributed by atoms with Crippen LogP contribution in [0.3, 0.4) is 0 Å². The Labute approximate surface area is 186 Å². The molecule has 0 bridgehead atoms. The van der Waals surface area contributed by atoms with Gasteiger partial charge < -0.3 is 10.1 Å². The first-order valence-corrected chi connectivity index (χ1v) is 10.4. The van der Waals surface area contributed by atoms with Gasteiger partial charge in [0.1, 0.15) is 5.54 Å². The van der Waals surface area contributed by atoms with Crippen molar-refractivity contribution in [2.24, 2.45) is 5.92 Å². The number of benzene rings is 2. The van der Waals surface area contributed by atoms with E-state index in [2.05, 4.69) is 5.32 Å². The molecule has 1 heterocycles. The molecule has 3 amide bonds. The van der Waals surface area contributed by atoms with E-state index in [1.54, 1.807) is 45.0 Å². The SMILES string of the molecule is CC(C)C(C)(C#N)NC(=O)COC(=O)CCCN1C(=O)c2cccc3cccc(c23)C1=O. The lowest BCUT2D eigenvalue weighted by atomic mass is 9.90. The molecule has 166 valence electrons. The second-order valence-electron chi connectivity index (χ2n) is 8.25. The van der Waals surface area contributed by atoms with E-state index in [4.69, 9.17) is 4.74 Å². The number of esters is 1. The van der Waals surface area contributed by atoms with Gasteiger partial charge in [-0.05, 0) is 36.8 Å². The molecule has 0 aliphatic carbocycles. The Kier molecular flexibility index (Phi) is 6.58. The lowest BCUT2D eigenvalue weighted by Gasteiger charge is -2.27. The largest absolute Gasteiger partial charge is 0.456 e. The number of nitrogens with zero attached hydrogens (tertiary/aromatic N) is 2. The summed E-state index contributed by atoms with van der Waals surface area (Å²) in [6.45, 7) is 4.76.